The van der Waals surface area contributed by atoms with Gasteiger partial charge in [-0.25, -0.2) is 0 Å². The van der Waals surface area contributed by atoms with Gasteiger partial charge in [-0.15, -0.1) is 0 Å². The SMILES string of the molecule is CN(CCNCCC=O)c1nc2cc(Cl)ccc2o1. The summed E-state index contributed by atoms with van der Waals surface area (Å²) >= 11 is 5.91. The number of rotatable bonds is 7. The van der Waals surface area contributed by atoms with Crippen LogP contribution in [0.1, 0.15) is 6.42 Å². The van der Waals surface area contributed by atoms with Crippen molar-refractivity contribution in [2.75, 3.05) is 31.6 Å². The van der Waals surface area contributed by atoms with E-state index >= 15 is 0 Å². The molecular formula is C13H16ClN3O2. The predicted octanol–water partition coefficient (Wildman–Crippen LogP) is 2.10. The monoisotopic (exact) mass is 281 g/mol. The van der Waals surface area contributed by atoms with Crippen molar-refractivity contribution in [3.05, 3.63) is 23.2 Å². The van der Waals surface area contributed by atoms with Crippen molar-refractivity contribution < 1.29 is 9.21 Å². The summed E-state index contributed by atoms with van der Waals surface area (Å²) in [5.74, 6) is 0. The van der Waals surface area contributed by atoms with Gasteiger partial charge in [-0.3, -0.25) is 0 Å². The lowest BCUT2D eigenvalue weighted by atomic mass is 10.3. The van der Waals surface area contributed by atoms with E-state index in [0.717, 1.165) is 30.5 Å². The van der Waals surface area contributed by atoms with Crippen LogP contribution in [0.3, 0.4) is 0 Å². The average molecular weight is 282 g/mol. The highest BCUT2D eigenvalue weighted by molar-refractivity contribution is 6.31. The van der Waals surface area contributed by atoms with Crippen LogP contribution >= 0.6 is 11.6 Å². The van der Waals surface area contributed by atoms with Crippen molar-refractivity contribution in [1.29, 1.82) is 0 Å². The maximum Gasteiger partial charge on any atom is 0.298 e. The summed E-state index contributed by atoms with van der Waals surface area (Å²) in [6.07, 6.45) is 1.44. The zero-order chi connectivity index (χ0) is 13.7. The number of likely N-dealkylation sites (N-methyl/N-ethyl adjacent to an activating group) is 1. The molecule has 0 fully saturated rings. The molecule has 0 saturated carbocycles. The van der Waals surface area contributed by atoms with Crippen LogP contribution in [0.25, 0.3) is 11.1 Å². The Kier molecular flexibility index (Phi) is 4.76. The number of nitrogens with zero attached hydrogens (tertiary/aromatic N) is 2. The van der Waals surface area contributed by atoms with Crippen LogP contribution < -0.4 is 10.2 Å². The quantitative estimate of drug-likeness (QED) is 0.622. The fourth-order valence-electron chi connectivity index (χ4n) is 1.68. The normalized spacial score (nSPS) is 10.8. The topological polar surface area (TPSA) is 58.4 Å². The van der Waals surface area contributed by atoms with Gasteiger partial charge in [0.1, 0.15) is 11.8 Å². The van der Waals surface area contributed by atoms with Crippen molar-refractivity contribution in [1.82, 2.24) is 10.3 Å². The number of aldehydes is 1. The van der Waals surface area contributed by atoms with E-state index in [9.17, 15) is 4.79 Å². The van der Waals surface area contributed by atoms with Gasteiger partial charge in [-0.1, -0.05) is 11.6 Å². The van der Waals surface area contributed by atoms with Crippen LogP contribution in [0.5, 0.6) is 0 Å². The Balaban J connectivity index is 1.93. The molecule has 0 unspecified atom stereocenters. The molecule has 0 bridgehead atoms. The summed E-state index contributed by atoms with van der Waals surface area (Å²) in [5.41, 5.74) is 1.48. The summed E-state index contributed by atoms with van der Waals surface area (Å²) < 4.78 is 5.64. The van der Waals surface area contributed by atoms with E-state index in [4.69, 9.17) is 16.0 Å². The van der Waals surface area contributed by atoms with Crippen molar-refractivity contribution >= 4 is 35.0 Å². The third-order valence-corrected chi connectivity index (χ3v) is 2.96. The minimum Gasteiger partial charge on any atom is -0.423 e. The van der Waals surface area contributed by atoms with Crippen LogP contribution in [0.15, 0.2) is 22.6 Å². The van der Waals surface area contributed by atoms with Crippen LogP contribution in [0.2, 0.25) is 5.02 Å². The summed E-state index contributed by atoms with van der Waals surface area (Å²) in [4.78, 5) is 16.5. The molecular weight excluding hydrogens is 266 g/mol. The molecule has 102 valence electrons. The highest BCUT2D eigenvalue weighted by Crippen LogP contribution is 2.23. The molecule has 1 heterocycles. The number of halogens is 1. The second kappa shape index (κ2) is 6.54. The number of nitrogens with one attached hydrogen (secondary N) is 1. The number of carbonyl (C=O) groups is 1. The number of fused-ring (bicyclic) bond motifs is 1. The van der Waals surface area contributed by atoms with Gasteiger partial charge in [0.15, 0.2) is 5.58 Å². The molecule has 0 atom stereocenters. The van der Waals surface area contributed by atoms with E-state index < -0.39 is 0 Å². The Morgan fingerprint density at radius 1 is 1.47 bits per heavy atom. The maximum atomic E-state index is 10.2. The predicted molar refractivity (Wildman–Crippen MR) is 75.8 cm³/mol. The largest absolute Gasteiger partial charge is 0.423 e. The minimum absolute atomic E-state index is 0.533. The molecule has 2 aromatic rings. The third kappa shape index (κ3) is 3.68. The van der Waals surface area contributed by atoms with E-state index in [1.807, 2.05) is 18.0 Å². The first-order valence-corrected chi connectivity index (χ1v) is 6.50. The standard InChI is InChI=1S/C13H16ClN3O2/c1-17(7-6-15-5-2-8-18)13-16-11-9-10(14)3-4-12(11)19-13/h3-4,8-9,15H,2,5-7H2,1H3. The second-order valence-corrected chi connectivity index (χ2v) is 4.67. The fraction of sp³-hybridized carbons (Fsp3) is 0.385. The lowest BCUT2D eigenvalue weighted by Crippen LogP contribution is -2.29. The number of benzene rings is 1. The smallest absolute Gasteiger partial charge is 0.298 e. The summed E-state index contributed by atoms with van der Waals surface area (Å²) in [6.45, 7) is 2.21. The molecule has 0 aliphatic carbocycles. The second-order valence-electron chi connectivity index (χ2n) is 4.24. The number of aromatic nitrogens is 1. The van der Waals surface area contributed by atoms with Crippen molar-refractivity contribution in [3.8, 4) is 0 Å². The Hall–Kier alpha value is -1.59. The van der Waals surface area contributed by atoms with Gasteiger partial charge in [-0.05, 0) is 18.2 Å². The van der Waals surface area contributed by atoms with Gasteiger partial charge in [-0.2, -0.15) is 4.98 Å². The van der Waals surface area contributed by atoms with Gasteiger partial charge < -0.3 is 19.4 Å². The van der Waals surface area contributed by atoms with Crippen LogP contribution in [-0.4, -0.2) is 38.0 Å². The highest BCUT2D eigenvalue weighted by Gasteiger charge is 2.10. The first-order valence-electron chi connectivity index (χ1n) is 6.12. The van der Waals surface area contributed by atoms with E-state index in [-0.39, 0.29) is 0 Å². The van der Waals surface area contributed by atoms with Crippen LogP contribution in [0, 0.1) is 0 Å². The maximum absolute atomic E-state index is 10.2. The first-order chi connectivity index (χ1) is 9.20. The first kappa shape index (κ1) is 13.8. The van der Waals surface area contributed by atoms with Gasteiger partial charge in [0.25, 0.3) is 6.01 Å². The molecule has 0 aliphatic heterocycles. The molecule has 0 radical (unpaired) electrons. The number of carbonyl (C=O) groups excluding carboxylic acids is 1. The van der Waals surface area contributed by atoms with Crippen molar-refractivity contribution in [3.63, 3.8) is 0 Å². The summed E-state index contributed by atoms with van der Waals surface area (Å²) in [6, 6.07) is 5.93. The van der Waals surface area contributed by atoms with E-state index in [2.05, 4.69) is 10.3 Å². The van der Waals surface area contributed by atoms with E-state index in [0.29, 0.717) is 24.0 Å². The Bertz CT molecular complexity index is 556. The van der Waals surface area contributed by atoms with Crippen LogP contribution in [0.4, 0.5) is 6.01 Å². The molecule has 19 heavy (non-hydrogen) atoms. The molecule has 0 aliphatic rings. The fourth-order valence-corrected chi connectivity index (χ4v) is 1.85. The van der Waals surface area contributed by atoms with Gasteiger partial charge >= 0.3 is 0 Å². The molecule has 0 amide bonds. The molecule has 1 aromatic carbocycles. The van der Waals surface area contributed by atoms with Crippen molar-refractivity contribution in [2.24, 2.45) is 0 Å². The Morgan fingerprint density at radius 3 is 3.11 bits per heavy atom. The van der Waals surface area contributed by atoms with E-state index in [1.165, 1.54) is 0 Å². The summed E-state index contributed by atoms with van der Waals surface area (Å²) in [5, 5.41) is 3.81. The lowest BCUT2D eigenvalue weighted by Gasteiger charge is -2.14. The zero-order valence-corrected chi connectivity index (χ0v) is 11.5. The zero-order valence-electron chi connectivity index (χ0n) is 10.7. The Labute approximate surface area is 116 Å². The molecule has 1 N–H and O–H groups in total. The number of oxazole rings is 1. The molecule has 2 rings (SSSR count). The molecule has 6 heteroatoms. The van der Waals surface area contributed by atoms with Crippen LogP contribution in [-0.2, 0) is 4.79 Å². The Morgan fingerprint density at radius 2 is 2.32 bits per heavy atom. The highest BCUT2D eigenvalue weighted by atomic mass is 35.5. The lowest BCUT2D eigenvalue weighted by molar-refractivity contribution is -0.107. The summed E-state index contributed by atoms with van der Waals surface area (Å²) in [7, 11) is 1.91. The molecule has 5 nitrogen and oxygen atoms in total. The number of hydrogen-bond acceptors (Lipinski definition) is 5. The molecule has 0 spiro atoms. The number of anilines is 1. The van der Waals surface area contributed by atoms with Gasteiger partial charge in [0, 0.05) is 38.1 Å². The molecule has 0 saturated heterocycles. The minimum atomic E-state index is 0.533. The average Bonchev–Trinajstić information content (AvgIpc) is 2.81. The third-order valence-electron chi connectivity index (χ3n) is 2.73. The molecule has 1 aromatic heterocycles. The van der Waals surface area contributed by atoms with Gasteiger partial charge in [0.05, 0.1) is 0 Å². The van der Waals surface area contributed by atoms with Crippen molar-refractivity contribution in [2.45, 2.75) is 6.42 Å². The van der Waals surface area contributed by atoms with Gasteiger partial charge in [0.2, 0.25) is 0 Å². The number of hydrogen-bond donors (Lipinski definition) is 1. The van der Waals surface area contributed by atoms with E-state index in [1.54, 1.807) is 12.1 Å².